The van der Waals surface area contributed by atoms with Crippen LogP contribution in [0.5, 0.6) is 0 Å². The lowest BCUT2D eigenvalue weighted by Crippen LogP contribution is -2.39. The molecule has 0 aromatic carbocycles. The maximum atomic E-state index is 12.3. The van der Waals surface area contributed by atoms with E-state index >= 15 is 0 Å². The predicted molar refractivity (Wildman–Crippen MR) is 81.6 cm³/mol. The molecule has 2 N–H and O–H groups in total. The van der Waals surface area contributed by atoms with Gasteiger partial charge < -0.3 is 15.1 Å². The number of amides is 1. The van der Waals surface area contributed by atoms with E-state index in [-0.39, 0.29) is 23.7 Å². The van der Waals surface area contributed by atoms with Crippen LogP contribution in [0, 0.1) is 5.41 Å². The second-order valence-electron chi connectivity index (χ2n) is 5.77. The van der Waals surface area contributed by atoms with Crippen LogP contribution >= 0.6 is 12.4 Å². The number of hydrogen-bond donors (Lipinski definition) is 1. The zero-order valence-corrected chi connectivity index (χ0v) is 13.0. The molecule has 1 aromatic heterocycles. The molecular formula is C15H25ClN2O2. The fourth-order valence-corrected chi connectivity index (χ4v) is 2.94. The molecule has 1 aromatic rings. The first kappa shape index (κ1) is 17.1. The molecule has 0 saturated heterocycles. The molecular weight excluding hydrogens is 276 g/mol. The van der Waals surface area contributed by atoms with E-state index in [4.69, 9.17) is 10.2 Å². The van der Waals surface area contributed by atoms with E-state index in [0.717, 1.165) is 18.6 Å². The van der Waals surface area contributed by atoms with Crippen LogP contribution in [-0.4, -0.2) is 24.4 Å². The van der Waals surface area contributed by atoms with E-state index in [1.165, 1.54) is 19.3 Å². The van der Waals surface area contributed by atoms with E-state index in [2.05, 4.69) is 0 Å². The Morgan fingerprint density at radius 3 is 2.65 bits per heavy atom. The number of halogens is 1. The largest absolute Gasteiger partial charge is 0.467 e. The Labute approximate surface area is 127 Å². The summed E-state index contributed by atoms with van der Waals surface area (Å²) in [5.74, 6) is 0.991. The molecule has 1 heterocycles. The van der Waals surface area contributed by atoms with Gasteiger partial charge in [-0.2, -0.15) is 0 Å². The van der Waals surface area contributed by atoms with Gasteiger partial charge in [-0.25, -0.2) is 0 Å². The van der Waals surface area contributed by atoms with Crippen molar-refractivity contribution < 1.29 is 9.21 Å². The van der Waals surface area contributed by atoms with Gasteiger partial charge in [-0.3, -0.25) is 4.79 Å². The van der Waals surface area contributed by atoms with Crippen LogP contribution in [0.1, 0.15) is 44.3 Å². The molecule has 1 aliphatic carbocycles. The Morgan fingerprint density at radius 2 is 2.10 bits per heavy atom. The van der Waals surface area contributed by atoms with E-state index in [0.29, 0.717) is 19.5 Å². The minimum atomic E-state index is 0. The van der Waals surface area contributed by atoms with E-state index in [1.54, 1.807) is 11.2 Å². The van der Waals surface area contributed by atoms with E-state index < -0.39 is 0 Å². The summed E-state index contributed by atoms with van der Waals surface area (Å²) in [6.07, 6.45) is 8.06. The van der Waals surface area contributed by atoms with Crippen molar-refractivity contribution >= 4 is 18.3 Å². The van der Waals surface area contributed by atoms with Gasteiger partial charge >= 0.3 is 0 Å². The number of nitrogens with zero attached hydrogens (tertiary/aromatic N) is 1. The van der Waals surface area contributed by atoms with Crippen molar-refractivity contribution in [3.05, 3.63) is 24.2 Å². The molecule has 0 atom stereocenters. The topological polar surface area (TPSA) is 59.5 Å². The molecule has 20 heavy (non-hydrogen) atoms. The molecule has 0 aliphatic heterocycles. The highest BCUT2D eigenvalue weighted by molar-refractivity contribution is 5.85. The zero-order valence-electron chi connectivity index (χ0n) is 12.1. The highest BCUT2D eigenvalue weighted by atomic mass is 35.5. The number of carbonyl (C=O) groups excluding carboxylic acids is 1. The van der Waals surface area contributed by atoms with Gasteiger partial charge in [0.05, 0.1) is 12.8 Å². The lowest BCUT2D eigenvalue weighted by Gasteiger charge is -2.36. The van der Waals surface area contributed by atoms with Crippen molar-refractivity contribution in [2.24, 2.45) is 11.1 Å². The average Bonchev–Trinajstić information content (AvgIpc) is 2.92. The van der Waals surface area contributed by atoms with Crippen LogP contribution in [0.4, 0.5) is 0 Å². The Hall–Kier alpha value is -1.00. The monoisotopic (exact) mass is 300 g/mol. The van der Waals surface area contributed by atoms with Crippen LogP contribution in [0.25, 0.3) is 0 Å². The van der Waals surface area contributed by atoms with Crippen LogP contribution in [0.3, 0.4) is 0 Å². The Morgan fingerprint density at radius 1 is 1.40 bits per heavy atom. The summed E-state index contributed by atoms with van der Waals surface area (Å²) in [6.45, 7) is 1.15. The van der Waals surface area contributed by atoms with Gasteiger partial charge in [0.25, 0.3) is 0 Å². The molecule has 4 nitrogen and oxygen atoms in total. The maximum Gasteiger partial charge on any atom is 0.223 e. The van der Waals surface area contributed by atoms with Gasteiger partial charge in [-0.15, -0.1) is 12.4 Å². The van der Waals surface area contributed by atoms with Crippen molar-refractivity contribution in [3.63, 3.8) is 0 Å². The summed E-state index contributed by atoms with van der Waals surface area (Å²) in [6, 6.07) is 3.74. The number of hydrogen-bond acceptors (Lipinski definition) is 3. The summed E-state index contributed by atoms with van der Waals surface area (Å²) in [4.78, 5) is 14.1. The number of carbonyl (C=O) groups is 1. The molecule has 0 unspecified atom stereocenters. The van der Waals surface area contributed by atoms with Crippen molar-refractivity contribution in [3.8, 4) is 0 Å². The van der Waals surface area contributed by atoms with Gasteiger partial charge in [0.15, 0.2) is 0 Å². The summed E-state index contributed by atoms with van der Waals surface area (Å²) in [5, 5.41) is 0. The minimum absolute atomic E-state index is 0. The van der Waals surface area contributed by atoms with Crippen LogP contribution in [0.2, 0.25) is 0 Å². The first-order valence-electron chi connectivity index (χ1n) is 7.12. The Kier molecular flexibility index (Phi) is 6.56. The third kappa shape index (κ3) is 4.25. The standard InChI is InChI=1S/C15H24N2O2.ClH/c1-17(11-13-6-5-9-19-13)14(18)10-15(12-16)7-3-2-4-8-15;/h5-6,9H,2-4,7-8,10-12,16H2,1H3;1H. The van der Waals surface area contributed by atoms with E-state index in [9.17, 15) is 4.79 Å². The highest BCUT2D eigenvalue weighted by Crippen LogP contribution is 2.38. The third-order valence-corrected chi connectivity index (χ3v) is 4.27. The SMILES string of the molecule is CN(Cc1ccco1)C(=O)CC1(CN)CCCCC1.Cl. The Balaban J connectivity index is 0.00000200. The van der Waals surface area contributed by atoms with Crippen molar-refractivity contribution in [1.29, 1.82) is 0 Å². The van der Waals surface area contributed by atoms with Crippen molar-refractivity contribution in [2.45, 2.75) is 45.1 Å². The molecule has 1 aliphatic rings. The van der Waals surface area contributed by atoms with Gasteiger partial charge in [0, 0.05) is 13.5 Å². The molecule has 114 valence electrons. The fraction of sp³-hybridized carbons (Fsp3) is 0.667. The summed E-state index contributed by atoms with van der Waals surface area (Å²) < 4.78 is 5.28. The molecule has 1 amide bonds. The normalized spacial score (nSPS) is 17.3. The first-order chi connectivity index (χ1) is 9.15. The second kappa shape index (κ2) is 7.70. The molecule has 0 radical (unpaired) electrons. The van der Waals surface area contributed by atoms with Gasteiger partial charge in [-0.1, -0.05) is 19.3 Å². The van der Waals surface area contributed by atoms with Gasteiger partial charge in [0.2, 0.25) is 5.91 Å². The molecule has 5 heteroatoms. The molecule has 1 fully saturated rings. The van der Waals surface area contributed by atoms with Gasteiger partial charge in [0.1, 0.15) is 5.76 Å². The molecule has 0 spiro atoms. The lowest BCUT2D eigenvalue weighted by atomic mass is 9.71. The smallest absolute Gasteiger partial charge is 0.223 e. The second-order valence-corrected chi connectivity index (χ2v) is 5.77. The quantitative estimate of drug-likeness (QED) is 0.909. The fourth-order valence-electron chi connectivity index (χ4n) is 2.94. The zero-order chi connectivity index (χ0) is 13.7. The molecule has 1 saturated carbocycles. The van der Waals surface area contributed by atoms with Crippen LogP contribution < -0.4 is 5.73 Å². The summed E-state index contributed by atoms with van der Waals surface area (Å²) in [7, 11) is 1.83. The van der Waals surface area contributed by atoms with Crippen molar-refractivity contribution in [1.82, 2.24) is 4.90 Å². The minimum Gasteiger partial charge on any atom is -0.467 e. The number of rotatable bonds is 5. The predicted octanol–water partition coefficient (Wildman–Crippen LogP) is 2.96. The summed E-state index contributed by atoms with van der Waals surface area (Å²) >= 11 is 0. The third-order valence-electron chi connectivity index (χ3n) is 4.27. The van der Waals surface area contributed by atoms with E-state index in [1.807, 2.05) is 19.2 Å². The lowest BCUT2D eigenvalue weighted by molar-refractivity contribution is -0.133. The first-order valence-corrected chi connectivity index (χ1v) is 7.12. The van der Waals surface area contributed by atoms with Crippen LogP contribution in [0.15, 0.2) is 22.8 Å². The molecule has 2 rings (SSSR count). The Bertz CT molecular complexity index is 400. The molecule has 0 bridgehead atoms. The highest BCUT2D eigenvalue weighted by Gasteiger charge is 2.33. The average molecular weight is 301 g/mol. The maximum absolute atomic E-state index is 12.3. The van der Waals surface area contributed by atoms with Crippen molar-refractivity contribution in [2.75, 3.05) is 13.6 Å². The van der Waals surface area contributed by atoms with Gasteiger partial charge in [-0.05, 0) is 36.9 Å². The van der Waals surface area contributed by atoms with Crippen LogP contribution in [-0.2, 0) is 11.3 Å². The number of furan rings is 1. The number of nitrogens with two attached hydrogens (primary N) is 1. The summed E-state index contributed by atoms with van der Waals surface area (Å²) in [5.41, 5.74) is 5.97.